The highest BCUT2D eigenvalue weighted by molar-refractivity contribution is 5.99. The molecule has 2 saturated heterocycles. The molecule has 0 radical (unpaired) electrons. The van der Waals surface area contributed by atoms with E-state index in [2.05, 4.69) is 58.1 Å². The Morgan fingerprint density at radius 1 is 0.658 bits per heavy atom. The van der Waals surface area contributed by atoms with Crippen molar-refractivity contribution in [2.75, 3.05) is 65.6 Å². The summed E-state index contributed by atoms with van der Waals surface area (Å²) in [5, 5.41) is 47.0. The molecule has 2 heterocycles. The molecule has 0 aliphatic carbocycles. The van der Waals surface area contributed by atoms with E-state index in [1.807, 2.05) is 0 Å². The molecule has 0 spiro atoms. The lowest BCUT2D eigenvalue weighted by atomic mass is 10.00. The lowest BCUT2D eigenvalue weighted by Gasteiger charge is -2.28. The van der Waals surface area contributed by atoms with E-state index >= 15 is 0 Å². The zero-order valence-corrected chi connectivity index (χ0v) is 45.9. The van der Waals surface area contributed by atoms with Gasteiger partial charge in [-0.15, -0.1) is 0 Å². The van der Waals surface area contributed by atoms with E-state index in [4.69, 9.17) is 27.7 Å². The fraction of sp³-hybridized carbons (Fsp3) is 0.686. The van der Waals surface area contributed by atoms with Crippen LogP contribution in [0.15, 0.2) is 30.3 Å². The maximum absolute atomic E-state index is 14.4. The van der Waals surface area contributed by atoms with Gasteiger partial charge in [0.15, 0.2) is 0 Å². The van der Waals surface area contributed by atoms with Crippen molar-refractivity contribution >= 4 is 59.1 Å². The number of carbonyl (C=O) groups excluding carboxylic acids is 10. The Kier molecular flexibility index (Phi) is 29.9. The summed E-state index contributed by atoms with van der Waals surface area (Å²) < 4.78 is 5.36. The highest BCUT2D eigenvalue weighted by Crippen LogP contribution is 2.11. The van der Waals surface area contributed by atoms with Crippen molar-refractivity contribution in [2.24, 2.45) is 28.9 Å². The molecule has 2 fully saturated rings. The molecule has 20 N–H and O–H groups in total. The van der Waals surface area contributed by atoms with Crippen molar-refractivity contribution in [3.8, 4) is 0 Å². The Hall–Kier alpha value is -6.40. The zero-order valence-electron chi connectivity index (χ0n) is 45.9. The van der Waals surface area contributed by atoms with Gasteiger partial charge in [-0.3, -0.25) is 52.8 Å². The van der Waals surface area contributed by atoms with E-state index in [9.17, 15) is 58.2 Å². The van der Waals surface area contributed by atoms with Crippen molar-refractivity contribution in [3.63, 3.8) is 0 Å². The first-order valence-electron chi connectivity index (χ1n) is 27.1. The molecule has 0 aromatic heterocycles. The quantitative estimate of drug-likeness (QED) is 0.0484. The average Bonchev–Trinajstić information content (AvgIpc) is 3.40. The minimum Gasteiger partial charge on any atom is -0.391 e. The van der Waals surface area contributed by atoms with Gasteiger partial charge in [0.25, 0.3) is 0 Å². The fourth-order valence-electron chi connectivity index (χ4n) is 8.72. The molecule has 0 saturated carbocycles. The normalized spacial score (nSPS) is 24.4. The zero-order chi connectivity index (χ0) is 58.6. The number of rotatable bonds is 23. The third-order valence-electron chi connectivity index (χ3n) is 13.1. The number of morpholine rings is 1. The van der Waals surface area contributed by atoms with Gasteiger partial charge in [-0.2, -0.15) is 0 Å². The molecule has 10 amide bonds. The van der Waals surface area contributed by atoms with Crippen LogP contribution in [0, 0.1) is 5.92 Å². The summed E-state index contributed by atoms with van der Waals surface area (Å²) in [5.41, 5.74) is 24.1. The van der Waals surface area contributed by atoms with Crippen LogP contribution in [-0.2, 0) is 59.1 Å². The molecule has 3 rings (SSSR count). The van der Waals surface area contributed by atoms with E-state index in [1.54, 1.807) is 44.2 Å². The highest BCUT2D eigenvalue weighted by atomic mass is 16.5. The molecule has 28 heteroatoms. The minimum atomic E-state index is -1.66. The van der Waals surface area contributed by atoms with Gasteiger partial charge < -0.3 is 91.1 Å². The molecule has 1 aromatic carbocycles. The average molecular weight is 1120 g/mol. The van der Waals surface area contributed by atoms with E-state index < -0.39 is 139 Å². The predicted octanol–water partition coefficient (Wildman–Crippen LogP) is -6.57. The lowest BCUT2D eigenvalue weighted by Crippen LogP contribution is -2.61. The number of nitrogens with one attached hydrogen (secondary N) is 10. The number of aliphatic hydroxyl groups excluding tert-OH is 2. The highest BCUT2D eigenvalue weighted by Gasteiger charge is 2.37. The summed E-state index contributed by atoms with van der Waals surface area (Å²) in [6.07, 6.45) is -3.63. The number of hydrogen-bond acceptors (Lipinski definition) is 18. The largest absolute Gasteiger partial charge is 0.391 e. The summed E-state index contributed by atoms with van der Waals surface area (Å²) in [6.45, 7) is 8.25. The van der Waals surface area contributed by atoms with Crippen LogP contribution in [0.2, 0.25) is 0 Å². The summed E-state index contributed by atoms with van der Waals surface area (Å²) in [6, 6.07) is -4.53. The monoisotopic (exact) mass is 1120 g/mol. The number of nitrogens with two attached hydrogens (primary N) is 4. The fourth-order valence-corrected chi connectivity index (χ4v) is 8.72. The number of aliphatic hydroxyl groups is 2. The number of benzene rings is 1. The summed E-state index contributed by atoms with van der Waals surface area (Å²) in [7, 11) is 0. The van der Waals surface area contributed by atoms with Crippen molar-refractivity contribution in [1.29, 1.82) is 0 Å². The molecule has 79 heavy (non-hydrogen) atoms. The first-order valence-corrected chi connectivity index (χ1v) is 27.1. The lowest BCUT2D eigenvalue weighted by molar-refractivity contribution is -0.136. The summed E-state index contributed by atoms with van der Waals surface area (Å²) >= 11 is 0. The Labute approximate surface area is 461 Å². The van der Waals surface area contributed by atoms with Crippen LogP contribution < -0.4 is 76.1 Å². The molecule has 2 aliphatic heterocycles. The standard InChI is InChI=1S/C51H87N15O13/c1-29(2)27-38-48(75)59-33(12-17-52)43(70)58-36(15-20-55)47(74)65-41(30(3)67)50(77)56-21-16-37(46(73)57-34(13-18-53)45(72)63-39(49(76)62-38)28-32-9-6-5-7-10-32)60-44(71)35(14-19-54)61-51(78)42(31(4)68)64-40(69)11-8-22-66-23-25-79-26-24-66/h5-7,9-10,29-31,33-39,41-42,67-68H,8,11-28,52-55H2,1-4H3,(H,56,77)(H,57,73)(H,58,70)(H,59,75)(H,60,71)(H,61,78)(H,62,76)(H,63,72)(H,64,69)(H,65,74)/t30?,31?,33-,34-,35-,36-,37-,38-,39+,41-,42-/m0/s1. The molecular formula is C51H87N15O13. The maximum Gasteiger partial charge on any atom is 0.245 e. The Bertz CT molecular complexity index is 2150. The van der Waals surface area contributed by atoms with E-state index in [-0.39, 0.29) is 77.0 Å². The van der Waals surface area contributed by atoms with Crippen molar-refractivity contribution in [3.05, 3.63) is 35.9 Å². The van der Waals surface area contributed by atoms with Gasteiger partial charge >= 0.3 is 0 Å². The van der Waals surface area contributed by atoms with Gasteiger partial charge in [-0.25, -0.2) is 0 Å². The summed E-state index contributed by atoms with van der Waals surface area (Å²) in [5.74, 6) is -8.88. The van der Waals surface area contributed by atoms with Crippen LogP contribution in [0.1, 0.15) is 84.6 Å². The van der Waals surface area contributed by atoms with Crippen LogP contribution in [-0.4, -0.2) is 206 Å². The van der Waals surface area contributed by atoms with Gasteiger partial charge in [0.05, 0.1) is 25.4 Å². The predicted molar refractivity (Wildman–Crippen MR) is 289 cm³/mol. The van der Waals surface area contributed by atoms with E-state index in [0.717, 1.165) is 0 Å². The van der Waals surface area contributed by atoms with Gasteiger partial charge in [0.1, 0.15) is 54.4 Å². The van der Waals surface area contributed by atoms with Crippen LogP contribution in [0.4, 0.5) is 0 Å². The topological polar surface area (TPSA) is 448 Å². The molecular weight excluding hydrogens is 1030 g/mol. The molecule has 11 atom stereocenters. The Morgan fingerprint density at radius 3 is 1.71 bits per heavy atom. The van der Waals surface area contributed by atoms with Crippen molar-refractivity contribution < 1.29 is 62.9 Å². The van der Waals surface area contributed by atoms with Crippen LogP contribution in [0.3, 0.4) is 0 Å². The maximum atomic E-state index is 14.4. The van der Waals surface area contributed by atoms with Crippen LogP contribution in [0.5, 0.6) is 0 Å². The number of hydrogen-bond donors (Lipinski definition) is 16. The molecule has 2 aliphatic rings. The smallest absolute Gasteiger partial charge is 0.245 e. The number of nitrogens with zero attached hydrogens (tertiary/aromatic N) is 1. The van der Waals surface area contributed by atoms with Crippen LogP contribution >= 0.6 is 0 Å². The molecule has 444 valence electrons. The van der Waals surface area contributed by atoms with Gasteiger partial charge in [0.2, 0.25) is 59.1 Å². The first-order chi connectivity index (χ1) is 37.6. The number of carbonyl (C=O) groups is 10. The second-order valence-corrected chi connectivity index (χ2v) is 20.2. The number of amides is 10. The third-order valence-corrected chi connectivity index (χ3v) is 13.1. The summed E-state index contributed by atoms with van der Waals surface area (Å²) in [4.78, 5) is 142. The minimum absolute atomic E-state index is 0.0306. The van der Waals surface area contributed by atoms with Crippen molar-refractivity contribution in [1.82, 2.24) is 58.1 Å². The SMILES string of the molecule is CC(C)C[C@@H]1NC(=O)[C@@H](Cc2ccccc2)NC(=O)[C@H](CCN)NC(=O)[C@@H](NC(=O)[C@H](CCN)NC(=O)[C@@H](NC(=O)CCCN2CCOCC2)C(C)O)CCNC(=O)[C@H](C(C)O)NC(=O)[C@H](CCN)NC(=O)[C@H](CCN)NC1=O. The van der Waals surface area contributed by atoms with E-state index in [1.165, 1.54) is 13.8 Å². The second-order valence-electron chi connectivity index (χ2n) is 20.2. The third kappa shape index (κ3) is 23.5. The Balaban J connectivity index is 2.05. The van der Waals surface area contributed by atoms with Crippen LogP contribution in [0.25, 0.3) is 0 Å². The first kappa shape index (κ1) is 66.9. The molecule has 28 nitrogen and oxygen atoms in total. The van der Waals surface area contributed by atoms with Gasteiger partial charge in [-0.1, -0.05) is 44.2 Å². The van der Waals surface area contributed by atoms with Crippen molar-refractivity contribution in [2.45, 2.75) is 152 Å². The van der Waals surface area contributed by atoms with Gasteiger partial charge in [-0.05, 0) is 103 Å². The Morgan fingerprint density at radius 2 is 1.18 bits per heavy atom. The second kappa shape index (κ2) is 35.3. The molecule has 2 unspecified atom stereocenters. The van der Waals surface area contributed by atoms with E-state index in [0.29, 0.717) is 44.8 Å². The molecule has 0 bridgehead atoms. The van der Waals surface area contributed by atoms with Gasteiger partial charge in [0, 0.05) is 32.5 Å². The molecule has 1 aromatic rings. The number of ether oxygens (including phenoxy) is 1.